The Morgan fingerprint density at radius 2 is 1.79 bits per heavy atom. The minimum absolute atomic E-state index is 0.0836. The number of hydrogen-bond acceptors (Lipinski definition) is 1. The van der Waals surface area contributed by atoms with Gasteiger partial charge in [-0.05, 0) is 48.2 Å². The lowest BCUT2D eigenvalue weighted by atomic mass is 9.96. The Hall–Kier alpha value is -2.25. The molecule has 2 heteroatoms. The fraction of sp³-hybridized carbons (Fsp3) is 0.182. The first-order valence-electron chi connectivity index (χ1n) is 8.23. The number of fused-ring (bicyclic) bond motifs is 1. The molecule has 4 rings (SSSR count). The first kappa shape index (κ1) is 15.3. The Balaban J connectivity index is 1.75. The molecular weight excluding hydrogens is 316 g/mol. The Morgan fingerprint density at radius 1 is 0.958 bits per heavy atom. The van der Waals surface area contributed by atoms with Crippen molar-refractivity contribution in [1.82, 2.24) is 0 Å². The summed E-state index contributed by atoms with van der Waals surface area (Å²) in [7, 11) is 0. The largest absolute Gasteiger partial charge is 0.484 e. The average molecular weight is 335 g/mol. The summed E-state index contributed by atoms with van der Waals surface area (Å²) < 4.78 is 6.41. The summed E-state index contributed by atoms with van der Waals surface area (Å²) in [5, 5.41) is 0.745. The van der Waals surface area contributed by atoms with Crippen molar-refractivity contribution < 1.29 is 4.74 Å². The van der Waals surface area contributed by atoms with Gasteiger partial charge in [0.05, 0.1) is 0 Å². The van der Waals surface area contributed by atoms with Crippen LogP contribution in [-0.4, -0.2) is 0 Å². The normalized spacial score (nSPS) is 15.9. The van der Waals surface area contributed by atoms with Crippen LogP contribution >= 0.6 is 11.6 Å². The second-order valence-corrected chi connectivity index (χ2v) is 6.91. The SMILES string of the molecule is Cc1ccc(C)c(C2Cc3cccc(-c4cccc(Cl)c4)c3O2)c1. The van der Waals surface area contributed by atoms with Gasteiger partial charge in [0.1, 0.15) is 11.9 Å². The van der Waals surface area contributed by atoms with E-state index in [1.54, 1.807) is 0 Å². The summed E-state index contributed by atoms with van der Waals surface area (Å²) >= 11 is 6.17. The van der Waals surface area contributed by atoms with E-state index in [1.165, 1.54) is 22.3 Å². The fourth-order valence-corrected chi connectivity index (χ4v) is 3.62. The van der Waals surface area contributed by atoms with Crippen molar-refractivity contribution in [2.45, 2.75) is 26.4 Å². The highest BCUT2D eigenvalue weighted by atomic mass is 35.5. The first-order valence-corrected chi connectivity index (χ1v) is 8.61. The van der Waals surface area contributed by atoms with E-state index in [1.807, 2.05) is 18.2 Å². The first-order chi connectivity index (χ1) is 11.6. The van der Waals surface area contributed by atoms with Gasteiger partial charge < -0.3 is 4.74 Å². The van der Waals surface area contributed by atoms with E-state index in [4.69, 9.17) is 16.3 Å². The van der Waals surface area contributed by atoms with E-state index < -0.39 is 0 Å². The van der Waals surface area contributed by atoms with Crippen LogP contribution in [0.1, 0.15) is 28.4 Å². The average Bonchev–Trinajstić information content (AvgIpc) is 3.01. The molecule has 0 saturated carbocycles. The van der Waals surface area contributed by atoms with Crippen LogP contribution in [-0.2, 0) is 6.42 Å². The van der Waals surface area contributed by atoms with Gasteiger partial charge in [-0.3, -0.25) is 0 Å². The van der Waals surface area contributed by atoms with E-state index in [0.717, 1.165) is 28.3 Å². The Kier molecular flexibility index (Phi) is 3.82. The maximum atomic E-state index is 6.41. The molecule has 3 aromatic rings. The fourth-order valence-electron chi connectivity index (χ4n) is 3.43. The Morgan fingerprint density at radius 3 is 2.62 bits per heavy atom. The molecule has 0 aliphatic carbocycles. The highest BCUT2D eigenvalue weighted by Crippen LogP contribution is 2.44. The zero-order chi connectivity index (χ0) is 16.7. The summed E-state index contributed by atoms with van der Waals surface area (Å²) in [6.45, 7) is 4.28. The molecule has 0 spiro atoms. The topological polar surface area (TPSA) is 9.23 Å². The molecule has 120 valence electrons. The third-order valence-corrected chi connectivity index (χ3v) is 4.91. The van der Waals surface area contributed by atoms with Gasteiger partial charge in [-0.2, -0.15) is 0 Å². The zero-order valence-electron chi connectivity index (χ0n) is 13.8. The van der Waals surface area contributed by atoms with E-state index >= 15 is 0 Å². The van der Waals surface area contributed by atoms with Gasteiger partial charge in [0.15, 0.2) is 0 Å². The summed E-state index contributed by atoms with van der Waals surface area (Å²) in [6, 6.07) is 20.9. The van der Waals surface area contributed by atoms with E-state index in [0.29, 0.717) is 0 Å². The molecule has 0 saturated heterocycles. The van der Waals surface area contributed by atoms with Crippen LogP contribution in [0.3, 0.4) is 0 Å². The van der Waals surface area contributed by atoms with Gasteiger partial charge in [0.25, 0.3) is 0 Å². The van der Waals surface area contributed by atoms with Gasteiger partial charge in [0.2, 0.25) is 0 Å². The number of hydrogen-bond donors (Lipinski definition) is 0. The van der Waals surface area contributed by atoms with Crippen LogP contribution in [0.15, 0.2) is 60.7 Å². The summed E-state index contributed by atoms with van der Waals surface area (Å²) in [6.07, 6.45) is 0.994. The van der Waals surface area contributed by atoms with E-state index in [9.17, 15) is 0 Å². The number of halogens is 1. The van der Waals surface area contributed by atoms with Crippen molar-refractivity contribution in [3.05, 3.63) is 87.9 Å². The number of benzene rings is 3. The zero-order valence-corrected chi connectivity index (χ0v) is 14.6. The molecule has 1 nitrogen and oxygen atoms in total. The van der Waals surface area contributed by atoms with Gasteiger partial charge in [0, 0.05) is 17.0 Å². The molecule has 0 N–H and O–H groups in total. The molecule has 1 heterocycles. The molecular formula is C22H19ClO. The lowest BCUT2D eigenvalue weighted by molar-refractivity contribution is 0.238. The molecule has 3 aromatic carbocycles. The molecule has 0 aromatic heterocycles. The quantitative estimate of drug-likeness (QED) is 0.534. The lowest BCUT2D eigenvalue weighted by Crippen LogP contribution is -2.05. The highest BCUT2D eigenvalue weighted by molar-refractivity contribution is 6.30. The monoisotopic (exact) mass is 334 g/mol. The van der Waals surface area contributed by atoms with Gasteiger partial charge >= 0.3 is 0 Å². The predicted octanol–water partition coefficient (Wildman–Crippen LogP) is 6.30. The molecule has 1 unspecified atom stereocenters. The van der Waals surface area contributed by atoms with Crippen LogP contribution < -0.4 is 4.74 Å². The number of rotatable bonds is 2. The number of aryl methyl sites for hydroxylation is 2. The predicted molar refractivity (Wildman–Crippen MR) is 99.9 cm³/mol. The van der Waals surface area contributed by atoms with Crippen molar-refractivity contribution in [3.63, 3.8) is 0 Å². The third-order valence-electron chi connectivity index (χ3n) is 4.68. The van der Waals surface area contributed by atoms with Gasteiger partial charge in [-0.15, -0.1) is 0 Å². The van der Waals surface area contributed by atoms with Crippen LogP contribution in [0.2, 0.25) is 5.02 Å². The van der Waals surface area contributed by atoms with Crippen molar-refractivity contribution in [3.8, 4) is 16.9 Å². The summed E-state index contributed by atoms with van der Waals surface area (Å²) in [5.41, 5.74) is 7.30. The molecule has 0 radical (unpaired) electrons. The number of ether oxygens (including phenoxy) is 1. The number of para-hydroxylation sites is 1. The molecule has 0 fully saturated rings. The molecule has 1 atom stereocenters. The Bertz CT molecular complexity index is 914. The molecule has 0 amide bonds. The maximum Gasteiger partial charge on any atom is 0.131 e. The van der Waals surface area contributed by atoms with Crippen molar-refractivity contribution >= 4 is 11.6 Å². The molecule has 24 heavy (non-hydrogen) atoms. The highest BCUT2D eigenvalue weighted by Gasteiger charge is 2.28. The summed E-state index contributed by atoms with van der Waals surface area (Å²) in [4.78, 5) is 0. The smallest absolute Gasteiger partial charge is 0.131 e. The van der Waals surface area contributed by atoms with Crippen LogP contribution in [0.5, 0.6) is 5.75 Å². The summed E-state index contributed by atoms with van der Waals surface area (Å²) in [5.74, 6) is 0.991. The van der Waals surface area contributed by atoms with Crippen LogP contribution in [0.4, 0.5) is 0 Å². The van der Waals surface area contributed by atoms with Crippen molar-refractivity contribution in [1.29, 1.82) is 0 Å². The van der Waals surface area contributed by atoms with Crippen molar-refractivity contribution in [2.24, 2.45) is 0 Å². The molecule has 1 aliphatic heterocycles. The molecule has 0 bridgehead atoms. The minimum atomic E-state index is 0.0836. The molecule has 1 aliphatic rings. The third kappa shape index (κ3) is 2.70. The van der Waals surface area contributed by atoms with Crippen molar-refractivity contribution in [2.75, 3.05) is 0 Å². The van der Waals surface area contributed by atoms with E-state index in [2.05, 4.69) is 56.3 Å². The Labute approximate surface area is 147 Å². The van der Waals surface area contributed by atoms with Crippen LogP contribution in [0.25, 0.3) is 11.1 Å². The van der Waals surface area contributed by atoms with E-state index in [-0.39, 0.29) is 6.10 Å². The second-order valence-electron chi connectivity index (χ2n) is 6.47. The van der Waals surface area contributed by atoms with Crippen LogP contribution in [0, 0.1) is 13.8 Å². The standard InChI is InChI=1S/C22H19ClO/c1-14-9-10-15(2)20(11-14)21-13-17-6-4-8-19(22(17)24-21)16-5-3-7-18(23)12-16/h3-12,21H,13H2,1-2H3. The van der Waals surface area contributed by atoms with Gasteiger partial charge in [-0.25, -0.2) is 0 Å². The van der Waals surface area contributed by atoms with Gasteiger partial charge in [-0.1, -0.05) is 65.7 Å². The second kappa shape index (κ2) is 5.99. The maximum absolute atomic E-state index is 6.41. The lowest BCUT2D eigenvalue weighted by Gasteiger charge is -2.16. The minimum Gasteiger partial charge on any atom is -0.484 e.